The van der Waals surface area contributed by atoms with Crippen LogP contribution < -0.4 is 4.74 Å². The number of hydrogen-bond donors (Lipinski definition) is 0. The molecule has 4 rings (SSSR count). The van der Waals surface area contributed by atoms with Crippen LogP contribution in [0.5, 0.6) is 5.75 Å². The van der Waals surface area contributed by atoms with Gasteiger partial charge in [-0.15, -0.1) is 10.2 Å². The fourth-order valence-electron chi connectivity index (χ4n) is 3.24. The first-order valence-electron chi connectivity index (χ1n) is 8.71. The molecule has 0 radical (unpaired) electrons. The molecule has 0 bridgehead atoms. The molecule has 2 aromatic rings. The zero-order chi connectivity index (χ0) is 18.3. The van der Waals surface area contributed by atoms with Gasteiger partial charge in [0, 0.05) is 25.9 Å². The minimum Gasteiger partial charge on any atom is -0.490 e. The molecule has 0 amide bonds. The first-order chi connectivity index (χ1) is 12.5. The lowest BCUT2D eigenvalue weighted by molar-refractivity contribution is -0.0177. The molecule has 0 spiro atoms. The molecule has 1 aromatic heterocycles. The zero-order valence-corrected chi connectivity index (χ0v) is 15.5. The number of aryl methyl sites for hydroxylation is 1. The number of aromatic nitrogens is 2. The molecule has 2 atom stereocenters. The smallest absolute Gasteiger partial charge is 0.246 e. The maximum atomic E-state index is 13.1. The van der Waals surface area contributed by atoms with Gasteiger partial charge in [0.2, 0.25) is 21.8 Å². The predicted molar refractivity (Wildman–Crippen MR) is 91.4 cm³/mol. The Kier molecular flexibility index (Phi) is 4.45. The fourth-order valence-corrected chi connectivity index (χ4v) is 4.72. The molecule has 2 aliphatic rings. The van der Waals surface area contributed by atoms with Crippen molar-refractivity contribution >= 4 is 10.0 Å². The van der Waals surface area contributed by atoms with Crippen molar-refractivity contribution in [3.63, 3.8) is 0 Å². The molecule has 9 heteroatoms. The van der Waals surface area contributed by atoms with E-state index in [0.717, 1.165) is 11.3 Å². The Morgan fingerprint density at radius 1 is 1.31 bits per heavy atom. The summed E-state index contributed by atoms with van der Waals surface area (Å²) in [5.74, 6) is 1.59. The number of hydrogen-bond acceptors (Lipinski definition) is 7. The van der Waals surface area contributed by atoms with Gasteiger partial charge >= 0.3 is 0 Å². The highest BCUT2D eigenvalue weighted by atomic mass is 32.2. The van der Waals surface area contributed by atoms with Crippen molar-refractivity contribution in [2.45, 2.75) is 43.8 Å². The van der Waals surface area contributed by atoms with Crippen molar-refractivity contribution in [1.29, 1.82) is 0 Å². The monoisotopic (exact) mass is 379 g/mol. The molecule has 0 unspecified atom stereocenters. The van der Waals surface area contributed by atoms with Gasteiger partial charge in [0.1, 0.15) is 18.0 Å². The molecule has 1 saturated heterocycles. The van der Waals surface area contributed by atoms with Crippen LogP contribution in [0, 0.1) is 0 Å². The molecule has 1 fully saturated rings. The van der Waals surface area contributed by atoms with Crippen molar-refractivity contribution in [3.8, 4) is 5.75 Å². The van der Waals surface area contributed by atoms with E-state index in [0.29, 0.717) is 24.6 Å². The van der Waals surface area contributed by atoms with Gasteiger partial charge < -0.3 is 13.9 Å². The van der Waals surface area contributed by atoms with E-state index in [1.165, 1.54) is 4.31 Å². The molecule has 1 aromatic carbocycles. The molecular weight excluding hydrogens is 358 g/mol. The highest BCUT2D eigenvalue weighted by Crippen LogP contribution is 2.32. The Labute approximate surface area is 152 Å². The van der Waals surface area contributed by atoms with Crippen molar-refractivity contribution in [2.24, 2.45) is 0 Å². The molecule has 0 saturated carbocycles. The fraction of sp³-hybridized carbons (Fsp3) is 0.529. The molecule has 2 aliphatic heterocycles. The minimum atomic E-state index is -3.63. The third-order valence-electron chi connectivity index (χ3n) is 4.59. The number of fused-ring (bicyclic) bond motifs is 1. The van der Waals surface area contributed by atoms with Gasteiger partial charge in [-0.3, -0.25) is 0 Å². The summed E-state index contributed by atoms with van der Waals surface area (Å²) in [6, 6.07) is 5.04. The summed E-state index contributed by atoms with van der Waals surface area (Å²) >= 11 is 0. The number of benzene rings is 1. The average molecular weight is 379 g/mol. The largest absolute Gasteiger partial charge is 0.490 e. The Morgan fingerprint density at radius 2 is 2.15 bits per heavy atom. The van der Waals surface area contributed by atoms with Crippen LogP contribution in [0.25, 0.3) is 0 Å². The summed E-state index contributed by atoms with van der Waals surface area (Å²) in [5, 5.41) is 7.90. The van der Waals surface area contributed by atoms with Gasteiger partial charge in [-0.2, -0.15) is 4.31 Å². The normalized spacial score (nSPS) is 23.6. The van der Waals surface area contributed by atoms with Gasteiger partial charge in [-0.25, -0.2) is 8.42 Å². The quantitative estimate of drug-likeness (QED) is 0.798. The van der Waals surface area contributed by atoms with Crippen molar-refractivity contribution in [3.05, 3.63) is 35.5 Å². The van der Waals surface area contributed by atoms with E-state index in [1.807, 2.05) is 13.8 Å². The summed E-state index contributed by atoms with van der Waals surface area (Å²) in [6.07, 6.45) is 0.855. The van der Waals surface area contributed by atoms with Gasteiger partial charge in [0.15, 0.2) is 0 Å². The van der Waals surface area contributed by atoms with Gasteiger partial charge in [-0.1, -0.05) is 6.92 Å². The molecule has 0 N–H and O–H groups in total. The summed E-state index contributed by atoms with van der Waals surface area (Å²) in [5.41, 5.74) is 0.924. The van der Waals surface area contributed by atoms with Gasteiger partial charge in [0.25, 0.3) is 0 Å². The van der Waals surface area contributed by atoms with E-state index in [4.69, 9.17) is 13.9 Å². The molecule has 3 heterocycles. The predicted octanol–water partition coefficient (Wildman–Crippen LogP) is 1.72. The van der Waals surface area contributed by atoms with E-state index in [2.05, 4.69) is 10.2 Å². The van der Waals surface area contributed by atoms with Crippen LogP contribution >= 0.6 is 0 Å². The standard InChI is InChI=1S/C17H21N3O5S/c1-3-16-18-19-17(25-16)15-10-20(6-7-23-15)26(21,22)13-4-5-14-12(9-13)8-11(2)24-14/h4-5,9,11,15H,3,6-8,10H2,1-2H3/t11-,15+/m0/s1. The third kappa shape index (κ3) is 3.10. The van der Waals surface area contributed by atoms with Crippen LogP contribution in [-0.2, 0) is 27.6 Å². The van der Waals surface area contributed by atoms with E-state index in [9.17, 15) is 8.42 Å². The van der Waals surface area contributed by atoms with Crippen LogP contribution in [0.15, 0.2) is 27.5 Å². The van der Waals surface area contributed by atoms with Gasteiger partial charge in [0.05, 0.1) is 11.5 Å². The van der Waals surface area contributed by atoms with Gasteiger partial charge in [-0.05, 0) is 30.7 Å². The number of rotatable bonds is 4. The maximum Gasteiger partial charge on any atom is 0.246 e. The Hall–Kier alpha value is -1.97. The Morgan fingerprint density at radius 3 is 2.92 bits per heavy atom. The second-order valence-electron chi connectivity index (χ2n) is 6.51. The molecule has 26 heavy (non-hydrogen) atoms. The molecular formula is C17H21N3O5S. The average Bonchev–Trinajstić information content (AvgIpc) is 3.26. The highest BCUT2D eigenvalue weighted by Gasteiger charge is 2.34. The van der Waals surface area contributed by atoms with E-state index in [-0.39, 0.29) is 30.7 Å². The Balaban J connectivity index is 1.57. The topological polar surface area (TPSA) is 94.8 Å². The highest BCUT2D eigenvalue weighted by molar-refractivity contribution is 7.89. The van der Waals surface area contributed by atoms with Crippen molar-refractivity contribution in [1.82, 2.24) is 14.5 Å². The molecule has 8 nitrogen and oxygen atoms in total. The number of morpholine rings is 1. The lowest BCUT2D eigenvalue weighted by Gasteiger charge is -2.30. The van der Waals surface area contributed by atoms with Crippen LogP contribution in [0.3, 0.4) is 0 Å². The lowest BCUT2D eigenvalue weighted by Crippen LogP contribution is -2.42. The van der Waals surface area contributed by atoms with Crippen molar-refractivity contribution in [2.75, 3.05) is 19.7 Å². The van der Waals surface area contributed by atoms with Crippen LogP contribution in [0.4, 0.5) is 0 Å². The minimum absolute atomic E-state index is 0.0704. The van der Waals surface area contributed by atoms with E-state index in [1.54, 1.807) is 18.2 Å². The molecule has 0 aliphatic carbocycles. The number of sulfonamides is 1. The number of ether oxygens (including phenoxy) is 2. The lowest BCUT2D eigenvalue weighted by atomic mass is 10.1. The SMILES string of the molecule is CCc1nnc([C@H]2CN(S(=O)(=O)c3ccc4c(c3)C[C@H](C)O4)CCO2)o1. The summed E-state index contributed by atoms with van der Waals surface area (Å²) in [6.45, 7) is 4.60. The first kappa shape index (κ1) is 17.4. The third-order valence-corrected chi connectivity index (χ3v) is 6.46. The second-order valence-corrected chi connectivity index (χ2v) is 8.45. The van der Waals surface area contributed by atoms with E-state index < -0.39 is 16.1 Å². The van der Waals surface area contributed by atoms with Crippen LogP contribution in [-0.4, -0.2) is 48.7 Å². The second kappa shape index (κ2) is 6.64. The van der Waals surface area contributed by atoms with Crippen molar-refractivity contribution < 1.29 is 22.3 Å². The number of nitrogens with zero attached hydrogens (tertiary/aromatic N) is 3. The maximum absolute atomic E-state index is 13.1. The zero-order valence-electron chi connectivity index (χ0n) is 14.7. The first-order valence-corrected chi connectivity index (χ1v) is 10.1. The summed E-state index contributed by atoms with van der Waals surface area (Å²) in [4.78, 5) is 0.273. The molecule has 140 valence electrons. The summed E-state index contributed by atoms with van der Waals surface area (Å²) < 4.78 is 44.4. The summed E-state index contributed by atoms with van der Waals surface area (Å²) in [7, 11) is -3.63. The Bertz CT molecular complexity index is 911. The van der Waals surface area contributed by atoms with E-state index >= 15 is 0 Å². The van der Waals surface area contributed by atoms with Crippen LogP contribution in [0.1, 0.15) is 37.3 Å². The van der Waals surface area contributed by atoms with Crippen LogP contribution in [0.2, 0.25) is 0 Å².